The van der Waals surface area contributed by atoms with Gasteiger partial charge < -0.3 is 0 Å². The van der Waals surface area contributed by atoms with Crippen molar-refractivity contribution in [2.75, 3.05) is 20.6 Å². The number of rotatable bonds is 6. The molecule has 0 saturated carbocycles. The molecule has 0 unspecified atom stereocenters. The Labute approximate surface area is 203 Å². The number of hydrogen-bond donors (Lipinski definition) is 0. The van der Waals surface area contributed by atoms with Crippen molar-refractivity contribution in [3.05, 3.63) is 89.5 Å². The Morgan fingerprint density at radius 3 is 2.40 bits per heavy atom. The van der Waals surface area contributed by atoms with Crippen LogP contribution in [0.15, 0.2) is 78.4 Å². The van der Waals surface area contributed by atoms with Crippen molar-refractivity contribution in [3.8, 4) is 11.1 Å². The first-order valence-electron chi connectivity index (χ1n) is 9.60. The number of likely N-dealkylation sites (N-methyl/N-ethyl adjacent to an activating group) is 1. The fraction of sp³-hybridized carbons (Fsp3) is 0.200. The Morgan fingerprint density at radius 1 is 0.900 bits per heavy atom. The van der Waals surface area contributed by atoms with E-state index in [2.05, 4.69) is 91.8 Å². The van der Waals surface area contributed by atoms with Crippen LogP contribution in [0.5, 0.6) is 0 Å². The minimum Gasteiger partial charge on any atom is -0.147 e. The number of hydrogen-bond acceptors (Lipinski definition) is 2. The maximum Gasteiger partial charge on any atom is -0.147 e. The van der Waals surface area contributed by atoms with Crippen LogP contribution in [0.25, 0.3) is 27.5 Å². The maximum absolute atomic E-state index is 5.50. The zero-order valence-corrected chi connectivity index (χ0v) is 20.4. The smallest absolute Gasteiger partial charge is 0.147 e. The van der Waals surface area contributed by atoms with Crippen LogP contribution in [0, 0.1) is 0 Å². The van der Waals surface area contributed by atoms with E-state index in [9.17, 15) is 0 Å². The third-order valence-corrected chi connectivity index (χ3v) is 5.46. The fourth-order valence-electron chi connectivity index (χ4n) is 4.04. The van der Waals surface area contributed by atoms with Crippen LogP contribution in [0.3, 0.4) is 0 Å². The van der Waals surface area contributed by atoms with Gasteiger partial charge in [0, 0.05) is 0 Å². The molecular formula is C25H26Cl2NOTi. The molecule has 0 aromatic heterocycles. The molecule has 0 radical (unpaired) electrons. The van der Waals surface area contributed by atoms with Crippen LogP contribution in [0.1, 0.15) is 17.5 Å². The largest absolute Gasteiger partial charge is 0.147 e. The summed E-state index contributed by atoms with van der Waals surface area (Å²) in [4.78, 5) is 2.22. The Balaban J connectivity index is 0.00000160. The summed E-state index contributed by atoms with van der Waals surface area (Å²) in [6, 6.07) is 21.8. The summed E-state index contributed by atoms with van der Waals surface area (Å²) < 4.78 is 5.50. The van der Waals surface area contributed by atoms with E-state index >= 15 is 0 Å². The van der Waals surface area contributed by atoms with Gasteiger partial charge in [0.2, 0.25) is 0 Å². The molecule has 4 rings (SSSR count). The molecule has 5 heteroatoms. The first kappa shape index (κ1) is 24.9. The van der Waals surface area contributed by atoms with Gasteiger partial charge in [0.1, 0.15) is 0 Å². The summed E-state index contributed by atoms with van der Waals surface area (Å²) in [5.74, 6) is 0. The minimum atomic E-state index is 0. The molecule has 30 heavy (non-hydrogen) atoms. The number of allylic oxidation sites excluding steroid dienone is 2. The van der Waals surface area contributed by atoms with Crippen LogP contribution >= 0.6 is 24.8 Å². The van der Waals surface area contributed by atoms with Crippen LogP contribution in [0.4, 0.5) is 0 Å². The van der Waals surface area contributed by atoms with E-state index in [4.69, 9.17) is 3.32 Å². The standard InChI is InChI=1S/C25H24NO.2ClH.Ti/c1-26(2)16-18-11-12-20(15-18)24-14-13-19-7-3-5-9-22(19)25(24)23-10-6-4-8-21(23)17-27;;;/h3-11,13-15H,12,16-17H2,1-2H3;2*1H;/q-1;;;+1. The molecule has 1 aliphatic carbocycles. The summed E-state index contributed by atoms with van der Waals surface area (Å²) in [7, 11) is 4.24. The Kier molecular flexibility index (Phi) is 9.37. The van der Waals surface area contributed by atoms with Crippen molar-refractivity contribution >= 4 is 41.2 Å². The van der Waals surface area contributed by atoms with Gasteiger partial charge in [-0.15, -0.1) is 24.8 Å². The summed E-state index contributed by atoms with van der Waals surface area (Å²) in [5, 5.41) is 2.57. The molecule has 0 aliphatic heterocycles. The first-order valence-corrected chi connectivity index (χ1v) is 10.2. The van der Waals surface area contributed by atoms with Gasteiger partial charge in [-0.05, 0) is 0 Å². The van der Waals surface area contributed by atoms with E-state index in [1.807, 2.05) is 0 Å². The van der Waals surface area contributed by atoms with Crippen molar-refractivity contribution < 1.29 is 24.1 Å². The maximum atomic E-state index is 5.50. The minimum absolute atomic E-state index is 0. The van der Waals surface area contributed by atoms with Gasteiger partial charge in [-0.2, -0.15) is 0 Å². The monoisotopic (exact) mass is 474 g/mol. The van der Waals surface area contributed by atoms with Gasteiger partial charge in [0.15, 0.2) is 0 Å². The summed E-state index contributed by atoms with van der Waals surface area (Å²) >= 11 is 1.76. The average molecular weight is 475 g/mol. The molecule has 0 amide bonds. The second-order valence-electron chi connectivity index (χ2n) is 7.55. The molecule has 0 bridgehead atoms. The van der Waals surface area contributed by atoms with Crippen molar-refractivity contribution in [3.63, 3.8) is 0 Å². The zero-order chi connectivity index (χ0) is 19.5. The molecular weight excluding hydrogens is 449 g/mol. The molecule has 0 N–H and O–H groups in total. The Bertz CT molecular complexity index is 1080. The van der Waals surface area contributed by atoms with Crippen LogP contribution in [-0.4, -0.2) is 25.5 Å². The molecule has 2 nitrogen and oxygen atoms in total. The van der Waals surface area contributed by atoms with Crippen molar-refractivity contribution in [1.82, 2.24) is 4.90 Å². The van der Waals surface area contributed by atoms with E-state index < -0.39 is 0 Å². The molecule has 155 valence electrons. The molecule has 0 saturated heterocycles. The van der Waals surface area contributed by atoms with Gasteiger partial charge in [-0.25, -0.2) is 0 Å². The van der Waals surface area contributed by atoms with E-state index in [1.165, 1.54) is 44.2 Å². The van der Waals surface area contributed by atoms with Gasteiger partial charge in [0.05, 0.1) is 0 Å². The molecule has 0 heterocycles. The molecule has 1 aliphatic rings. The molecule has 0 spiro atoms. The fourth-order valence-corrected chi connectivity index (χ4v) is 4.29. The predicted molar refractivity (Wildman–Crippen MR) is 128 cm³/mol. The predicted octanol–water partition coefficient (Wildman–Crippen LogP) is 6.60. The second-order valence-corrected chi connectivity index (χ2v) is 8.00. The van der Waals surface area contributed by atoms with Crippen molar-refractivity contribution in [2.45, 2.75) is 13.0 Å². The summed E-state index contributed by atoms with van der Waals surface area (Å²) in [6.45, 7) is 1.59. The molecule has 3 aromatic carbocycles. The van der Waals surface area contributed by atoms with Crippen LogP contribution in [0.2, 0.25) is 0 Å². The van der Waals surface area contributed by atoms with E-state index in [0.717, 1.165) is 13.0 Å². The van der Waals surface area contributed by atoms with Gasteiger partial charge in [-0.1, -0.05) is 0 Å². The summed E-state index contributed by atoms with van der Waals surface area (Å²) in [6.07, 6.45) is 5.71. The topological polar surface area (TPSA) is 12.5 Å². The number of nitrogens with zero attached hydrogens (tertiary/aromatic N) is 1. The van der Waals surface area contributed by atoms with Crippen LogP contribution < -0.4 is 0 Å². The van der Waals surface area contributed by atoms with Crippen molar-refractivity contribution in [1.29, 1.82) is 0 Å². The summed E-state index contributed by atoms with van der Waals surface area (Å²) in [5.41, 5.74) is 7.92. The van der Waals surface area contributed by atoms with Gasteiger partial charge in [0.25, 0.3) is 0 Å². The third-order valence-electron chi connectivity index (χ3n) is 5.23. The van der Waals surface area contributed by atoms with Gasteiger partial charge >= 0.3 is 180 Å². The number of halogens is 2. The van der Waals surface area contributed by atoms with E-state index in [-0.39, 0.29) is 24.8 Å². The van der Waals surface area contributed by atoms with Gasteiger partial charge in [-0.3, -0.25) is 0 Å². The van der Waals surface area contributed by atoms with Crippen LogP contribution in [-0.2, 0) is 30.7 Å². The zero-order valence-electron chi connectivity index (χ0n) is 17.2. The Morgan fingerprint density at radius 2 is 1.63 bits per heavy atom. The number of fused-ring (bicyclic) bond motifs is 1. The Hall–Kier alpha value is -1.39. The quantitative estimate of drug-likeness (QED) is 0.373. The second kappa shape index (κ2) is 11.3. The average Bonchev–Trinajstić information content (AvgIpc) is 3.15. The van der Waals surface area contributed by atoms with E-state index in [0.29, 0.717) is 6.61 Å². The van der Waals surface area contributed by atoms with E-state index in [1.54, 1.807) is 20.8 Å². The third kappa shape index (κ3) is 5.26. The molecule has 0 fully saturated rings. The molecule has 3 aromatic rings. The number of benzene rings is 3. The first-order chi connectivity index (χ1) is 13.7. The SMILES string of the molecule is CN(C)CC1=CCC(c2ccc3ccccc3c2-c2ccccc2C[O][Ti])=C1.Cl.Cl. The normalized spacial score (nSPS) is 12.9. The molecule has 0 atom stereocenters. The van der Waals surface area contributed by atoms with Crippen molar-refractivity contribution in [2.24, 2.45) is 0 Å².